The number of anilines is 1. The SMILES string of the molecule is CCCCOc1ccc2c(c1)C(C)(C)C(C)(C)N2C. The summed E-state index contributed by atoms with van der Waals surface area (Å²) in [5.41, 5.74) is 2.98. The Morgan fingerprint density at radius 2 is 1.84 bits per heavy atom. The van der Waals surface area contributed by atoms with Gasteiger partial charge in [-0.2, -0.15) is 0 Å². The largest absolute Gasteiger partial charge is 0.494 e. The number of unbranched alkanes of at least 4 members (excludes halogenated alkanes) is 1. The summed E-state index contributed by atoms with van der Waals surface area (Å²) in [6.45, 7) is 12.3. The second-order valence-corrected chi connectivity index (χ2v) is 6.62. The van der Waals surface area contributed by atoms with Gasteiger partial charge in [-0.3, -0.25) is 0 Å². The molecule has 19 heavy (non-hydrogen) atoms. The number of rotatable bonds is 4. The van der Waals surface area contributed by atoms with Crippen molar-refractivity contribution in [3.05, 3.63) is 23.8 Å². The Labute approximate surface area is 117 Å². The Morgan fingerprint density at radius 1 is 1.16 bits per heavy atom. The fraction of sp³-hybridized carbons (Fsp3) is 0.647. The van der Waals surface area contributed by atoms with E-state index in [4.69, 9.17) is 4.74 Å². The quantitative estimate of drug-likeness (QED) is 0.746. The van der Waals surface area contributed by atoms with Gasteiger partial charge in [-0.15, -0.1) is 0 Å². The molecule has 0 atom stereocenters. The Morgan fingerprint density at radius 3 is 2.47 bits per heavy atom. The van der Waals surface area contributed by atoms with E-state index in [0.29, 0.717) is 0 Å². The van der Waals surface area contributed by atoms with Crippen molar-refractivity contribution in [1.29, 1.82) is 0 Å². The summed E-state index contributed by atoms with van der Waals surface area (Å²) < 4.78 is 5.85. The highest BCUT2D eigenvalue weighted by atomic mass is 16.5. The van der Waals surface area contributed by atoms with E-state index in [0.717, 1.165) is 18.8 Å². The number of hydrogen-bond donors (Lipinski definition) is 0. The van der Waals surface area contributed by atoms with E-state index in [1.807, 2.05) is 0 Å². The molecule has 0 bridgehead atoms. The topological polar surface area (TPSA) is 12.5 Å². The van der Waals surface area contributed by atoms with Crippen LogP contribution in [0.25, 0.3) is 0 Å². The minimum absolute atomic E-state index is 0.122. The summed E-state index contributed by atoms with van der Waals surface area (Å²) in [5.74, 6) is 1.01. The average Bonchev–Trinajstić information content (AvgIpc) is 2.49. The van der Waals surface area contributed by atoms with Gasteiger partial charge in [0.2, 0.25) is 0 Å². The molecule has 0 aromatic heterocycles. The maximum atomic E-state index is 5.85. The monoisotopic (exact) mass is 261 g/mol. The molecule has 0 N–H and O–H groups in total. The van der Waals surface area contributed by atoms with Crippen LogP contribution in [0.1, 0.15) is 53.0 Å². The van der Waals surface area contributed by atoms with Gasteiger partial charge >= 0.3 is 0 Å². The molecule has 2 rings (SSSR count). The van der Waals surface area contributed by atoms with Crippen molar-refractivity contribution in [2.45, 2.75) is 58.4 Å². The summed E-state index contributed by atoms with van der Waals surface area (Å²) >= 11 is 0. The molecule has 1 aromatic rings. The smallest absolute Gasteiger partial charge is 0.119 e. The van der Waals surface area contributed by atoms with E-state index in [-0.39, 0.29) is 11.0 Å². The summed E-state index contributed by atoms with van der Waals surface area (Å²) in [7, 11) is 2.19. The van der Waals surface area contributed by atoms with E-state index in [1.165, 1.54) is 17.7 Å². The molecule has 2 nitrogen and oxygen atoms in total. The highest BCUT2D eigenvalue weighted by Gasteiger charge is 2.49. The standard InChI is InChI=1S/C17H27NO/c1-7-8-11-19-13-9-10-15-14(12-13)16(2,3)17(4,5)18(15)6/h9-10,12H,7-8,11H2,1-6H3. The number of hydrogen-bond acceptors (Lipinski definition) is 2. The lowest BCUT2D eigenvalue weighted by molar-refractivity contribution is 0.304. The molecule has 0 saturated carbocycles. The summed E-state index contributed by atoms with van der Waals surface area (Å²) in [4.78, 5) is 2.39. The molecule has 1 heterocycles. The minimum atomic E-state index is 0.122. The van der Waals surface area contributed by atoms with Crippen molar-refractivity contribution in [2.24, 2.45) is 0 Å². The lowest BCUT2D eigenvalue weighted by Gasteiger charge is -2.40. The highest BCUT2D eigenvalue weighted by Crippen LogP contribution is 2.51. The third-order valence-corrected chi connectivity index (χ3v) is 5.14. The molecule has 0 amide bonds. The van der Waals surface area contributed by atoms with Crippen LogP contribution in [0.4, 0.5) is 5.69 Å². The molecule has 0 unspecified atom stereocenters. The Bertz CT molecular complexity index is 462. The zero-order valence-corrected chi connectivity index (χ0v) is 13.2. The van der Waals surface area contributed by atoms with Crippen LogP contribution in [-0.4, -0.2) is 19.2 Å². The summed E-state index contributed by atoms with van der Waals surface area (Å²) in [5, 5.41) is 0. The number of likely N-dealkylation sites (N-methyl/N-ethyl adjacent to an activating group) is 1. The van der Waals surface area contributed by atoms with Crippen molar-refractivity contribution in [1.82, 2.24) is 0 Å². The van der Waals surface area contributed by atoms with Gasteiger partial charge in [0.05, 0.1) is 6.61 Å². The van der Waals surface area contributed by atoms with E-state index in [2.05, 4.69) is 64.8 Å². The van der Waals surface area contributed by atoms with E-state index >= 15 is 0 Å². The molecule has 0 radical (unpaired) electrons. The molecule has 0 aliphatic carbocycles. The van der Waals surface area contributed by atoms with Crippen molar-refractivity contribution in [3.8, 4) is 5.75 Å². The highest BCUT2D eigenvalue weighted by molar-refractivity contribution is 5.67. The average molecular weight is 261 g/mol. The van der Waals surface area contributed by atoms with Gasteiger partial charge in [0.15, 0.2) is 0 Å². The fourth-order valence-electron chi connectivity index (χ4n) is 2.78. The molecule has 106 valence electrons. The zero-order chi connectivity index (χ0) is 14.3. The number of ether oxygens (including phenoxy) is 1. The van der Waals surface area contributed by atoms with Crippen LogP contribution in [0.2, 0.25) is 0 Å². The first-order valence-corrected chi connectivity index (χ1v) is 7.33. The first-order valence-electron chi connectivity index (χ1n) is 7.33. The van der Waals surface area contributed by atoms with Crippen LogP contribution in [0.5, 0.6) is 5.75 Å². The minimum Gasteiger partial charge on any atom is -0.494 e. The normalized spacial score (nSPS) is 19.4. The molecule has 0 saturated heterocycles. The first kappa shape index (κ1) is 14.2. The molecular weight excluding hydrogens is 234 g/mol. The van der Waals surface area contributed by atoms with Gasteiger partial charge in [-0.25, -0.2) is 0 Å². The maximum absolute atomic E-state index is 5.85. The van der Waals surface area contributed by atoms with Crippen LogP contribution < -0.4 is 9.64 Å². The van der Waals surface area contributed by atoms with Crippen molar-refractivity contribution in [2.75, 3.05) is 18.6 Å². The van der Waals surface area contributed by atoms with Gasteiger partial charge in [-0.1, -0.05) is 27.2 Å². The van der Waals surface area contributed by atoms with Gasteiger partial charge in [-0.05, 0) is 44.0 Å². The van der Waals surface area contributed by atoms with Crippen LogP contribution in [0.3, 0.4) is 0 Å². The molecular formula is C17H27NO. The van der Waals surface area contributed by atoms with Crippen LogP contribution in [0, 0.1) is 0 Å². The van der Waals surface area contributed by atoms with Crippen molar-refractivity contribution >= 4 is 5.69 Å². The predicted octanol–water partition coefficient (Wildman–Crippen LogP) is 4.37. The maximum Gasteiger partial charge on any atom is 0.119 e. The third kappa shape index (κ3) is 2.11. The van der Waals surface area contributed by atoms with Crippen molar-refractivity contribution < 1.29 is 4.74 Å². The van der Waals surface area contributed by atoms with Gasteiger partial charge < -0.3 is 9.64 Å². The lowest BCUT2D eigenvalue weighted by atomic mass is 9.72. The van der Waals surface area contributed by atoms with Gasteiger partial charge in [0, 0.05) is 23.7 Å². The molecule has 0 fully saturated rings. The van der Waals surface area contributed by atoms with Gasteiger partial charge in [0.1, 0.15) is 5.75 Å². The Hall–Kier alpha value is -1.18. The van der Waals surface area contributed by atoms with E-state index < -0.39 is 0 Å². The van der Waals surface area contributed by atoms with Gasteiger partial charge in [0.25, 0.3) is 0 Å². The fourth-order valence-corrected chi connectivity index (χ4v) is 2.78. The molecule has 1 aliphatic rings. The van der Waals surface area contributed by atoms with E-state index in [1.54, 1.807) is 0 Å². The third-order valence-electron chi connectivity index (χ3n) is 5.14. The number of fused-ring (bicyclic) bond motifs is 1. The Kier molecular flexibility index (Phi) is 3.55. The van der Waals surface area contributed by atoms with Crippen LogP contribution in [0.15, 0.2) is 18.2 Å². The lowest BCUT2D eigenvalue weighted by Crippen LogP contribution is -2.49. The zero-order valence-electron chi connectivity index (χ0n) is 13.2. The Balaban J connectivity index is 2.32. The second kappa shape index (κ2) is 4.73. The predicted molar refractivity (Wildman–Crippen MR) is 82.4 cm³/mol. The summed E-state index contributed by atoms with van der Waals surface area (Å²) in [6.07, 6.45) is 2.29. The first-order chi connectivity index (χ1) is 8.82. The van der Waals surface area contributed by atoms with Crippen LogP contribution in [-0.2, 0) is 5.41 Å². The molecule has 1 aromatic carbocycles. The summed E-state index contributed by atoms with van der Waals surface area (Å²) in [6, 6.07) is 6.53. The second-order valence-electron chi connectivity index (χ2n) is 6.62. The van der Waals surface area contributed by atoms with Crippen molar-refractivity contribution in [3.63, 3.8) is 0 Å². The number of benzene rings is 1. The van der Waals surface area contributed by atoms with E-state index in [9.17, 15) is 0 Å². The molecule has 2 heteroatoms. The molecule has 1 aliphatic heterocycles. The number of nitrogens with zero attached hydrogens (tertiary/aromatic N) is 1. The van der Waals surface area contributed by atoms with Crippen LogP contribution >= 0.6 is 0 Å². The molecule has 0 spiro atoms.